The van der Waals surface area contributed by atoms with Gasteiger partial charge >= 0.3 is 12.3 Å². The lowest BCUT2D eigenvalue weighted by Gasteiger charge is -2.17. The van der Waals surface area contributed by atoms with Crippen LogP contribution in [0.2, 0.25) is 0 Å². The van der Waals surface area contributed by atoms with Gasteiger partial charge < -0.3 is 9.47 Å². The lowest BCUT2D eigenvalue weighted by molar-refractivity contribution is -0.274. The summed E-state index contributed by atoms with van der Waals surface area (Å²) in [4.78, 5) is 17.8. The molecule has 1 aliphatic heterocycles. The SMILES string of the molecule is O=C(OCC=Cc1ccccc1)[C@H]1CC(c2c(F)cccc2F)=NC1c1ccc(-c2ccc(OC(F)(F)F)cc2)cc1. The number of carbonyl (C=O) groups excluding carboxylic acids is 1. The standard InChI is InChI=1S/C33H24F5NO3/c34-27-9-4-10-28(35)30(27)29-20-26(32(40)41-19-5-8-21-6-2-1-3-7-21)31(39-29)24-13-11-22(12-14-24)23-15-17-25(18-16-23)42-33(36,37)38/h1-18,26,31H,19-20H2/t26-,31?/m0/s1. The fourth-order valence-corrected chi connectivity index (χ4v) is 4.80. The van der Waals surface area contributed by atoms with E-state index in [1.165, 1.54) is 30.3 Å². The molecule has 9 heteroatoms. The molecule has 1 aliphatic rings. The van der Waals surface area contributed by atoms with Crippen molar-refractivity contribution in [3.05, 3.63) is 131 Å². The van der Waals surface area contributed by atoms with Crippen LogP contribution in [0.15, 0.2) is 108 Å². The molecule has 2 atom stereocenters. The van der Waals surface area contributed by atoms with Gasteiger partial charge in [0.25, 0.3) is 0 Å². The Hall–Kier alpha value is -4.79. The summed E-state index contributed by atoms with van der Waals surface area (Å²) in [6, 6.07) is 24.6. The minimum Gasteiger partial charge on any atom is -0.461 e. The van der Waals surface area contributed by atoms with Crippen LogP contribution >= 0.6 is 0 Å². The predicted octanol–water partition coefficient (Wildman–Crippen LogP) is 8.34. The van der Waals surface area contributed by atoms with Crippen molar-refractivity contribution in [2.75, 3.05) is 6.61 Å². The second-order valence-electron chi connectivity index (χ2n) is 9.57. The number of halogens is 5. The minimum atomic E-state index is -4.79. The summed E-state index contributed by atoms with van der Waals surface area (Å²) in [7, 11) is 0. The summed E-state index contributed by atoms with van der Waals surface area (Å²) >= 11 is 0. The van der Waals surface area contributed by atoms with Crippen molar-refractivity contribution >= 4 is 17.8 Å². The fourth-order valence-electron chi connectivity index (χ4n) is 4.80. The highest BCUT2D eigenvalue weighted by molar-refractivity contribution is 6.04. The largest absolute Gasteiger partial charge is 0.573 e. The third-order valence-electron chi connectivity index (χ3n) is 6.75. The van der Waals surface area contributed by atoms with Crippen molar-refractivity contribution in [3.63, 3.8) is 0 Å². The number of hydrogen-bond donors (Lipinski definition) is 0. The quantitative estimate of drug-likeness (QED) is 0.156. The van der Waals surface area contributed by atoms with Crippen LogP contribution in [-0.4, -0.2) is 24.7 Å². The molecule has 0 spiro atoms. The number of benzene rings is 4. The summed E-state index contributed by atoms with van der Waals surface area (Å²) < 4.78 is 76.1. The molecule has 0 fully saturated rings. The lowest BCUT2D eigenvalue weighted by Crippen LogP contribution is -2.22. The summed E-state index contributed by atoms with van der Waals surface area (Å²) in [5, 5.41) is 0. The minimum absolute atomic E-state index is 0.00727. The molecule has 0 N–H and O–H groups in total. The molecule has 0 saturated heterocycles. The Balaban J connectivity index is 1.37. The summed E-state index contributed by atoms with van der Waals surface area (Å²) in [6.45, 7) is 0.00727. The van der Waals surface area contributed by atoms with E-state index in [0.717, 1.165) is 17.7 Å². The first-order chi connectivity index (χ1) is 20.2. The molecular formula is C33H24F5NO3. The molecule has 0 amide bonds. The second-order valence-corrected chi connectivity index (χ2v) is 9.57. The zero-order valence-corrected chi connectivity index (χ0v) is 22.0. The Kier molecular flexibility index (Phi) is 8.47. The Labute approximate surface area is 238 Å². The number of esters is 1. The maximum Gasteiger partial charge on any atom is 0.573 e. The Bertz CT molecular complexity index is 1580. The van der Waals surface area contributed by atoms with Crippen LogP contribution in [0.1, 0.15) is 29.2 Å². The molecule has 0 bridgehead atoms. The molecule has 5 rings (SSSR count). The molecule has 1 heterocycles. The third kappa shape index (κ3) is 6.91. The first kappa shape index (κ1) is 28.7. The van der Waals surface area contributed by atoms with Crippen molar-refractivity contribution in [1.29, 1.82) is 0 Å². The molecule has 214 valence electrons. The van der Waals surface area contributed by atoms with Crippen LogP contribution in [0.3, 0.4) is 0 Å². The van der Waals surface area contributed by atoms with E-state index in [4.69, 9.17) is 4.74 Å². The summed E-state index contributed by atoms with van der Waals surface area (Å²) in [6.07, 6.45) is -1.29. The number of hydrogen-bond acceptors (Lipinski definition) is 4. The highest BCUT2D eigenvalue weighted by Crippen LogP contribution is 2.39. The van der Waals surface area contributed by atoms with Gasteiger partial charge in [-0.05, 0) is 52.6 Å². The van der Waals surface area contributed by atoms with Crippen LogP contribution in [0.25, 0.3) is 17.2 Å². The Morgan fingerprint density at radius 1 is 0.833 bits per heavy atom. The molecule has 4 aromatic carbocycles. The van der Waals surface area contributed by atoms with Gasteiger partial charge in [-0.1, -0.05) is 78.9 Å². The van der Waals surface area contributed by atoms with Gasteiger partial charge in [-0.25, -0.2) is 8.78 Å². The van der Waals surface area contributed by atoms with E-state index < -0.39 is 35.9 Å². The first-order valence-electron chi connectivity index (χ1n) is 13.0. The van der Waals surface area contributed by atoms with Crippen LogP contribution in [0, 0.1) is 17.6 Å². The van der Waals surface area contributed by atoms with Crippen LogP contribution < -0.4 is 4.74 Å². The van der Waals surface area contributed by atoms with Gasteiger partial charge in [-0.15, -0.1) is 13.2 Å². The van der Waals surface area contributed by atoms with Gasteiger partial charge in [0.1, 0.15) is 24.0 Å². The molecule has 0 radical (unpaired) electrons. The monoisotopic (exact) mass is 577 g/mol. The smallest absolute Gasteiger partial charge is 0.461 e. The van der Waals surface area contributed by atoms with Crippen molar-refractivity contribution in [2.24, 2.45) is 10.9 Å². The second kappa shape index (κ2) is 12.4. The number of ether oxygens (including phenoxy) is 2. The molecule has 4 nitrogen and oxygen atoms in total. The molecule has 4 aromatic rings. The van der Waals surface area contributed by atoms with Gasteiger partial charge in [0.05, 0.1) is 17.5 Å². The first-order valence-corrected chi connectivity index (χ1v) is 13.0. The maximum atomic E-state index is 14.6. The normalized spacial score (nSPS) is 16.8. The average Bonchev–Trinajstić information content (AvgIpc) is 3.40. The lowest BCUT2D eigenvalue weighted by atomic mass is 9.90. The number of aliphatic imine (C=N–C) groups is 1. The third-order valence-corrected chi connectivity index (χ3v) is 6.75. The van der Waals surface area contributed by atoms with E-state index in [0.29, 0.717) is 16.7 Å². The average molecular weight is 578 g/mol. The van der Waals surface area contributed by atoms with Gasteiger partial charge in [-0.3, -0.25) is 9.79 Å². The highest BCUT2D eigenvalue weighted by Gasteiger charge is 2.39. The molecule has 42 heavy (non-hydrogen) atoms. The predicted molar refractivity (Wildman–Crippen MR) is 149 cm³/mol. The van der Waals surface area contributed by atoms with E-state index in [1.54, 1.807) is 30.3 Å². The van der Waals surface area contributed by atoms with Crippen molar-refractivity contribution < 1.29 is 36.2 Å². The Morgan fingerprint density at radius 2 is 1.45 bits per heavy atom. The number of carbonyl (C=O) groups is 1. The van der Waals surface area contributed by atoms with Crippen LogP contribution in [0.5, 0.6) is 5.75 Å². The molecule has 0 aromatic heterocycles. The van der Waals surface area contributed by atoms with Crippen molar-refractivity contribution in [2.45, 2.75) is 18.8 Å². The van der Waals surface area contributed by atoms with E-state index in [1.807, 2.05) is 36.4 Å². The van der Waals surface area contributed by atoms with Gasteiger partial charge in [0.2, 0.25) is 0 Å². The van der Waals surface area contributed by atoms with Gasteiger partial charge in [-0.2, -0.15) is 0 Å². The zero-order chi connectivity index (χ0) is 29.7. The summed E-state index contributed by atoms with van der Waals surface area (Å²) in [5.41, 5.74) is 2.74. The fraction of sp³-hybridized carbons (Fsp3) is 0.152. The van der Waals surface area contributed by atoms with E-state index in [-0.39, 0.29) is 30.1 Å². The zero-order valence-electron chi connectivity index (χ0n) is 22.0. The van der Waals surface area contributed by atoms with E-state index in [2.05, 4.69) is 9.73 Å². The number of rotatable bonds is 8. The summed E-state index contributed by atoms with van der Waals surface area (Å²) in [5.74, 6) is -3.27. The van der Waals surface area contributed by atoms with Crippen molar-refractivity contribution in [1.82, 2.24) is 0 Å². The number of alkyl halides is 3. The molecular weight excluding hydrogens is 553 g/mol. The molecule has 0 aliphatic carbocycles. The van der Waals surface area contributed by atoms with Crippen LogP contribution in [-0.2, 0) is 9.53 Å². The van der Waals surface area contributed by atoms with E-state index in [9.17, 15) is 26.7 Å². The van der Waals surface area contributed by atoms with E-state index >= 15 is 0 Å². The molecule has 0 saturated carbocycles. The molecule has 1 unspecified atom stereocenters. The van der Waals surface area contributed by atoms with Gasteiger partial charge in [0.15, 0.2) is 0 Å². The van der Waals surface area contributed by atoms with Crippen molar-refractivity contribution in [3.8, 4) is 16.9 Å². The Morgan fingerprint density at radius 3 is 2.07 bits per heavy atom. The van der Waals surface area contributed by atoms with Gasteiger partial charge in [0, 0.05) is 12.1 Å². The number of nitrogens with zero attached hydrogens (tertiary/aromatic N) is 1. The van der Waals surface area contributed by atoms with Crippen LogP contribution in [0.4, 0.5) is 22.0 Å². The topological polar surface area (TPSA) is 47.9 Å². The maximum absolute atomic E-state index is 14.6. The highest BCUT2D eigenvalue weighted by atomic mass is 19.4.